The molecule has 0 radical (unpaired) electrons. The van der Waals surface area contributed by atoms with Crippen LogP contribution in [0.5, 0.6) is 5.75 Å². The Morgan fingerprint density at radius 2 is 1.70 bits per heavy atom. The molecule has 5 heteroatoms. The Bertz CT molecular complexity index is 798. The van der Waals surface area contributed by atoms with Gasteiger partial charge < -0.3 is 10.2 Å². The van der Waals surface area contributed by atoms with Crippen LogP contribution in [0.4, 0.5) is 0 Å². The van der Waals surface area contributed by atoms with Crippen molar-refractivity contribution in [2.24, 2.45) is 0 Å². The molecule has 5 nitrogen and oxygen atoms in total. The van der Waals surface area contributed by atoms with E-state index in [2.05, 4.69) is 9.97 Å². The quantitative estimate of drug-likeness (QED) is 0.745. The Morgan fingerprint density at radius 1 is 0.950 bits per heavy atom. The third kappa shape index (κ3) is 2.16. The first kappa shape index (κ1) is 12.1. The van der Waals surface area contributed by atoms with Crippen LogP contribution in [0.25, 0.3) is 22.0 Å². The first-order valence-corrected chi connectivity index (χ1v) is 5.92. The summed E-state index contributed by atoms with van der Waals surface area (Å²) in [5.74, 6) is -0.881. The number of nitrogens with zero attached hydrogens (tertiary/aromatic N) is 2. The number of benzene rings is 2. The molecule has 0 aliphatic rings. The molecule has 0 aliphatic heterocycles. The molecule has 0 aliphatic carbocycles. The highest BCUT2D eigenvalue weighted by atomic mass is 16.4. The number of aromatic nitrogens is 2. The standard InChI is InChI=1S/C15H10N2O3/c18-12-4-3-9-5-11(2-1-10(9)6-12)13-7-17-14(8-16-13)15(19)20/h1-8,18H,(H,19,20). The van der Waals surface area contributed by atoms with E-state index in [0.717, 1.165) is 16.3 Å². The summed E-state index contributed by atoms with van der Waals surface area (Å²) in [6.45, 7) is 0. The molecule has 0 bridgehead atoms. The SMILES string of the molecule is O=C(O)c1cnc(-c2ccc3cc(O)ccc3c2)cn1. The second-order valence-electron chi connectivity index (χ2n) is 4.34. The van der Waals surface area contributed by atoms with Crippen molar-refractivity contribution in [2.75, 3.05) is 0 Å². The molecular formula is C15H10N2O3. The number of phenols is 1. The van der Waals surface area contributed by atoms with Crippen molar-refractivity contribution in [2.45, 2.75) is 0 Å². The number of carboxylic acids is 1. The molecule has 2 N–H and O–H groups in total. The first-order chi connectivity index (χ1) is 9.63. The van der Waals surface area contributed by atoms with Gasteiger partial charge in [-0.2, -0.15) is 0 Å². The van der Waals surface area contributed by atoms with Gasteiger partial charge in [-0.3, -0.25) is 4.98 Å². The van der Waals surface area contributed by atoms with Crippen LogP contribution in [0.1, 0.15) is 10.5 Å². The number of hydrogen-bond donors (Lipinski definition) is 2. The highest BCUT2D eigenvalue weighted by Gasteiger charge is 2.07. The van der Waals surface area contributed by atoms with E-state index >= 15 is 0 Å². The van der Waals surface area contributed by atoms with E-state index in [4.69, 9.17) is 5.11 Å². The molecule has 0 saturated carbocycles. The van der Waals surface area contributed by atoms with Gasteiger partial charge in [-0.05, 0) is 29.0 Å². The lowest BCUT2D eigenvalue weighted by Crippen LogP contribution is -2.01. The average molecular weight is 266 g/mol. The number of phenolic OH excluding ortho intramolecular Hbond substituents is 1. The van der Waals surface area contributed by atoms with Gasteiger partial charge in [-0.1, -0.05) is 18.2 Å². The van der Waals surface area contributed by atoms with Gasteiger partial charge in [0.25, 0.3) is 0 Å². The summed E-state index contributed by atoms with van der Waals surface area (Å²) in [7, 11) is 0. The lowest BCUT2D eigenvalue weighted by atomic mass is 10.1. The fraction of sp³-hybridized carbons (Fsp3) is 0. The van der Waals surface area contributed by atoms with Gasteiger partial charge in [0.15, 0.2) is 5.69 Å². The summed E-state index contributed by atoms with van der Waals surface area (Å²) in [5, 5.41) is 20.1. The van der Waals surface area contributed by atoms with E-state index in [1.54, 1.807) is 12.1 Å². The zero-order valence-electron chi connectivity index (χ0n) is 10.3. The third-order valence-corrected chi connectivity index (χ3v) is 2.99. The lowest BCUT2D eigenvalue weighted by Gasteiger charge is -2.04. The van der Waals surface area contributed by atoms with E-state index in [9.17, 15) is 9.90 Å². The predicted molar refractivity (Wildman–Crippen MR) is 73.6 cm³/mol. The van der Waals surface area contributed by atoms with Crippen molar-refractivity contribution in [3.05, 3.63) is 54.5 Å². The molecule has 0 unspecified atom stereocenters. The molecule has 1 aromatic heterocycles. The van der Waals surface area contributed by atoms with Gasteiger partial charge in [0.1, 0.15) is 5.75 Å². The Labute approximate surface area is 114 Å². The first-order valence-electron chi connectivity index (χ1n) is 5.92. The van der Waals surface area contributed by atoms with Gasteiger partial charge in [0.2, 0.25) is 0 Å². The minimum Gasteiger partial charge on any atom is -0.508 e. The Hall–Kier alpha value is -2.95. The summed E-state index contributed by atoms with van der Waals surface area (Å²) in [6.07, 6.45) is 2.67. The Kier molecular flexibility index (Phi) is 2.80. The number of carbonyl (C=O) groups is 1. The molecule has 0 fully saturated rings. The predicted octanol–water partition coefficient (Wildman–Crippen LogP) is 2.70. The van der Waals surface area contributed by atoms with E-state index in [0.29, 0.717) is 5.69 Å². The van der Waals surface area contributed by atoms with Crippen LogP contribution in [0.15, 0.2) is 48.8 Å². The number of carboxylic acid groups (broad SMARTS) is 1. The van der Waals surface area contributed by atoms with Crippen molar-refractivity contribution in [1.29, 1.82) is 0 Å². The number of fused-ring (bicyclic) bond motifs is 1. The van der Waals surface area contributed by atoms with E-state index in [-0.39, 0.29) is 11.4 Å². The van der Waals surface area contributed by atoms with Crippen LogP contribution < -0.4 is 0 Å². The normalized spacial score (nSPS) is 10.6. The van der Waals surface area contributed by atoms with E-state index < -0.39 is 5.97 Å². The van der Waals surface area contributed by atoms with Gasteiger partial charge >= 0.3 is 5.97 Å². The molecule has 3 rings (SSSR count). The van der Waals surface area contributed by atoms with Crippen molar-refractivity contribution in [1.82, 2.24) is 9.97 Å². The fourth-order valence-electron chi connectivity index (χ4n) is 1.98. The maximum atomic E-state index is 10.7. The monoisotopic (exact) mass is 266 g/mol. The maximum absolute atomic E-state index is 10.7. The smallest absolute Gasteiger partial charge is 0.356 e. The zero-order chi connectivity index (χ0) is 14.1. The largest absolute Gasteiger partial charge is 0.508 e. The van der Waals surface area contributed by atoms with Crippen LogP contribution in [0.3, 0.4) is 0 Å². The third-order valence-electron chi connectivity index (χ3n) is 2.99. The lowest BCUT2D eigenvalue weighted by molar-refractivity contribution is 0.0690. The van der Waals surface area contributed by atoms with Crippen molar-refractivity contribution < 1.29 is 15.0 Å². The van der Waals surface area contributed by atoms with Gasteiger partial charge in [-0.15, -0.1) is 0 Å². The molecule has 20 heavy (non-hydrogen) atoms. The van der Waals surface area contributed by atoms with Crippen LogP contribution in [-0.2, 0) is 0 Å². The van der Waals surface area contributed by atoms with Crippen LogP contribution in [-0.4, -0.2) is 26.2 Å². The van der Waals surface area contributed by atoms with Crippen molar-refractivity contribution >= 4 is 16.7 Å². The molecule has 3 aromatic rings. The molecule has 0 saturated heterocycles. The molecule has 0 amide bonds. The summed E-state index contributed by atoms with van der Waals surface area (Å²) in [5.41, 5.74) is 1.36. The second kappa shape index (κ2) is 4.62. The fourth-order valence-corrected chi connectivity index (χ4v) is 1.98. The van der Waals surface area contributed by atoms with Crippen LogP contribution in [0, 0.1) is 0 Å². The summed E-state index contributed by atoms with van der Waals surface area (Å²) in [6, 6.07) is 10.7. The Morgan fingerprint density at radius 3 is 2.40 bits per heavy atom. The van der Waals surface area contributed by atoms with Crippen molar-refractivity contribution in [3.8, 4) is 17.0 Å². The van der Waals surface area contributed by atoms with Crippen LogP contribution in [0.2, 0.25) is 0 Å². The minimum absolute atomic E-state index is 0.0838. The summed E-state index contributed by atoms with van der Waals surface area (Å²) < 4.78 is 0. The van der Waals surface area contributed by atoms with E-state index in [1.165, 1.54) is 12.4 Å². The Balaban J connectivity index is 2.05. The number of rotatable bonds is 2. The highest BCUT2D eigenvalue weighted by Crippen LogP contribution is 2.25. The second-order valence-corrected chi connectivity index (χ2v) is 4.34. The molecule has 98 valence electrons. The van der Waals surface area contributed by atoms with E-state index in [1.807, 2.05) is 24.3 Å². The van der Waals surface area contributed by atoms with Crippen molar-refractivity contribution in [3.63, 3.8) is 0 Å². The number of hydrogen-bond acceptors (Lipinski definition) is 4. The zero-order valence-corrected chi connectivity index (χ0v) is 10.3. The number of aromatic carboxylic acids is 1. The van der Waals surface area contributed by atoms with Crippen LogP contribution >= 0.6 is 0 Å². The molecule has 2 aromatic carbocycles. The molecule has 0 spiro atoms. The average Bonchev–Trinajstić information content (AvgIpc) is 2.47. The van der Waals surface area contributed by atoms with Gasteiger partial charge in [0.05, 0.1) is 18.1 Å². The van der Waals surface area contributed by atoms with Gasteiger partial charge in [-0.25, -0.2) is 9.78 Å². The molecule has 0 atom stereocenters. The maximum Gasteiger partial charge on any atom is 0.356 e. The molecule has 1 heterocycles. The minimum atomic E-state index is -1.10. The molecular weight excluding hydrogens is 256 g/mol. The summed E-state index contributed by atoms with van der Waals surface area (Å²) in [4.78, 5) is 18.7. The van der Waals surface area contributed by atoms with Gasteiger partial charge in [0, 0.05) is 5.56 Å². The number of aromatic hydroxyl groups is 1. The topological polar surface area (TPSA) is 83.3 Å². The summed E-state index contributed by atoms with van der Waals surface area (Å²) >= 11 is 0. The highest BCUT2D eigenvalue weighted by molar-refractivity contribution is 5.88.